The van der Waals surface area contributed by atoms with Crippen LogP contribution in [0.1, 0.15) is 87.4 Å². The molecule has 5 heterocycles. The molecule has 5 atom stereocenters. The second kappa shape index (κ2) is 10.4. The summed E-state index contributed by atoms with van der Waals surface area (Å²) in [5, 5.41) is 13.3. The van der Waals surface area contributed by atoms with Gasteiger partial charge in [-0.2, -0.15) is 18.2 Å². The lowest BCUT2D eigenvalue weighted by atomic mass is 9.99. The van der Waals surface area contributed by atoms with Crippen LogP contribution >= 0.6 is 11.6 Å². The second-order valence-electron chi connectivity index (χ2n) is 13.0. The van der Waals surface area contributed by atoms with Gasteiger partial charge in [0.05, 0.1) is 33.4 Å². The number of nitrogens with zero attached hydrogens (tertiary/aromatic N) is 5. The molecule has 4 aromatic rings. The summed E-state index contributed by atoms with van der Waals surface area (Å²) < 4.78 is 60.2. The Morgan fingerprint density at radius 1 is 1.04 bits per heavy atom. The van der Waals surface area contributed by atoms with Crippen molar-refractivity contribution in [3.63, 3.8) is 0 Å². The first kappa shape index (κ1) is 30.0. The van der Waals surface area contributed by atoms with Crippen LogP contribution < -0.4 is 11.0 Å². The maximum absolute atomic E-state index is 16.2. The van der Waals surface area contributed by atoms with Crippen molar-refractivity contribution in [2.24, 2.45) is 11.8 Å². The maximum atomic E-state index is 16.2. The van der Waals surface area contributed by atoms with Crippen LogP contribution in [-0.2, 0) is 6.18 Å². The highest BCUT2D eigenvalue weighted by Crippen LogP contribution is 2.63. The third-order valence-corrected chi connectivity index (χ3v) is 9.80. The van der Waals surface area contributed by atoms with Gasteiger partial charge < -0.3 is 10.4 Å². The predicted octanol–water partition coefficient (Wildman–Crippen LogP) is 6.86. The Labute approximate surface area is 260 Å². The Hall–Kier alpha value is -3.64. The van der Waals surface area contributed by atoms with Gasteiger partial charge in [0.2, 0.25) is 0 Å². The maximum Gasteiger partial charge on any atom is 0.418 e. The van der Waals surface area contributed by atoms with Gasteiger partial charge in [-0.05, 0) is 61.1 Å². The van der Waals surface area contributed by atoms with Crippen molar-refractivity contribution >= 4 is 22.6 Å². The molecule has 1 aromatic carbocycles. The number of rotatable bonds is 5. The molecule has 1 saturated carbocycles. The van der Waals surface area contributed by atoms with Gasteiger partial charge in [0.15, 0.2) is 5.65 Å². The first-order chi connectivity index (χ1) is 21.3. The highest BCUT2D eigenvalue weighted by molar-refractivity contribution is 6.32. The molecule has 3 fully saturated rings. The molecular formula is C32H31ClF4N6O2. The number of phenolic OH excluding ortho intramolecular Hbond substituents is 1. The van der Waals surface area contributed by atoms with Crippen LogP contribution in [0, 0.1) is 17.7 Å². The van der Waals surface area contributed by atoms with E-state index in [9.17, 15) is 23.1 Å². The highest BCUT2D eigenvalue weighted by Gasteiger charge is 2.61. The summed E-state index contributed by atoms with van der Waals surface area (Å²) in [6.07, 6.45) is -0.598. The van der Waals surface area contributed by atoms with Crippen molar-refractivity contribution in [1.29, 1.82) is 0 Å². The summed E-state index contributed by atoms with van der Waals surface area (Å²) >= 11 is 5.96. The average Bonchev–Trinajstić information content (AvgIpc) is 3.54. The van der Waals surface area contributed by atoms with Gasteiger partial charge >= 0.3 is 11.9 Å². The number of fused-ring (bicyclic) bond motifs is 5. The topological polar surface area (TPSA) is 106 Å². The number of nitrogens with one attached hydrogen (secondary N) is 1. The van der Waals surface area contributed by atoms with Crippen molar-refractivity contribution in [2.75, 3.05) is 0 Å². The van der Waals surface area contributed by atoms with E-state index in [1.807, 2.05) is 27.7 Å². The quantitative estimate of drug-likeness (QED) is 0.229. The molecule has 4 unspecified atom stereocenters. The van der Waals surface area contributed by atoms with Gasteiger partial charge in [0.1, 0.15) is 23.6 Å². The van der Waals surface area contributed by atoms with Crippen LogP contribution in [0.4, 0.5) is 17.6 Å². The minimum atomic E-state index is -4.99. The summed E-state index contributed by atoms with van der Waals surface area (Å²) in [4.78, 5) is 32.1. The summed E-state index contributed by atoms with van der Waals surface area (Å²) in [7, 11) is 0. The predicted molar refractivity (Wildman–Crippen MR) is 160 cm³/mol. The molecule has 236 valence electrons. The van der Waals surface area contributed by atoms with Crippen LogP contribution in [0.2, 0.25) is 5.02 Å². The highest BCUT2D eigenvalue weighted by atomic mass is 35.5. The number of piperidine rings is 1. The standard InChI is InChI=1S/C32H31ClF4N6O2/c1-12(2)25-29(26(13(3)4)39-11-38-25)43-30-18(28(42-31(43)45)23-16-7-14-5-6-21(40-14)22(16)23)10-20(34)27(41-30)17-8-15(44)9-19(33)24(17)32(35,36)37/h8-14,16,21-23,40,44H,5-7H2,1-4H3/t14?,16-,21?,22?,23?/m0/s1. The lowest BCUT2D eigenvalue weighted by Gasteiger charge is -2.21. The molecular weight excluding hydrogens is 612 g/mol. The third-order valence-electron chi connectivity index (χ3n) is 9.50. The average molecular weight is 643 g/mol. The summed E-state index contributed by atoms with van der Waals surface area (Å²) in [6, 6.07) is 3.28. The Balaban J connectivity index is 1.57. The van der Waals surface area contributed by atoms with E-state index in [2.05, 4.69) is 25.3 Å². The fourth-order valence-corrected chi connectivity index (χ4v) is 7.96. The molecule has 7 rings (SSSR count). The minimum absolute atomic E-state index is 0.0608. The summed E-state index contributed by atoms with van der Waals surface area (Å²) in [5.41, 5.74) is -1.82. The number of halogens is 5. The van der Waals surface area contributed by atoms with E-state index in [0.717, 1.165) is 37.5 Å². The Bertz CT molecular complexity index is 1900. The lowest BCUT2D eigenvalue weighted by Crippen LogP contribution is -2.35. The van der Waals surface area contributed by atoms with Gasteiger partial charge in [-0.1, -0.05) is 39.3 Å². The number of pyridine rings is 1. The fraction of sp³-hybridized carbons (Fsp3) is 0.469. The van der Waals surface area contributed by atoms with Crippen LogP contribution in [0.25, 0.3) is 28.0 Å². The molecule has 3 aromatic heterocycles. The van der Waals surface area contributed by atoms with E-state index < -0.39 is 45.3 Å². The van der Waals surface area contributed by atoms with E-state index in [-0.39, 0.29) is 46.7 Å². The first-order valence-electron chi connectivity index (χ1n) is 15.1. The van der Waals surface area contributed by atoms with E-state index in [1.54, 1.807) is 0 Å². The molecule has 0 spiro atoms. The molecule has 2 N–H and O–H groups in total. The molecule has 45 heavy (non-hydrogen) atoms. The Morgan fingerprint density at radius 2 is 1.73 bits per heavy atom. The van der Waals surface area contributed by atoms with Gasteiger partial charge in [-0.3, -0.25) is 0 Å². The largest absolute Gasteiger partial charge is 0.508 e. The zero-order valence-corrected chi connectivity index (χ0v) is 25.7. The number of benzene rings is 1. The van der Waals surface area contributed by atoms with Crippen molar-refractivity contribution < 1.29 is 22.7 Å². The summed E-state index contributed by atoms with van der Waals surface area (Å²) in [5.74, 6) is -1.67. The van der Waals surface area contributed by atoms with Gasteiger partial charge in [0, 0.05) is 29.0 Å². The van der Waals surface area contributed by atoms with E-state index in [1.165, 1.54) is 10.9 Å². The van der Waals surface area contributed by atoms with Crippen molar-refractivity contribution in [3.8, 4) is 22.7 Å². The number of alkyl halides is 3. The van der Waals surface area contributed by atoms with E-state index in [0.29, 0.717) is 28.8 Å². The monoisotopic (exact) mass is 642 g/mol. The van der Waals surface area contributed by atoms with Crippen LogP contribution in [0.5, 0.6) is 5.75 Å². The fourth-order valence-electron chi connectivity index (χ4n) is 7.64. The SMILES string of the molecule is CC(C)c1ncnc(C(C)C)c1-n1c(=O)nc(C2C3C4CCC(C[C@H]23)N4)c2cc(F)c(-c3cc(O)cc(Cl)c3C(F)(F)F)nc21. The van der Waals surface area contributed by atoms with Crippen molar-refractivity contribution in [1.82, 2.24) is 29.8 Å². The molecule has 2 aliphatic heterocycles. The van der Waals surface area contributed by atoms with E-state index >= 15 is 4.39 Å². The zero-order chi connectivity index (χ0) is 32.1. The minimum Gasteiger partial charge on any atom is -0.508 e. The lowest BCUT2D eigenvalue weighted by molar-refractivity contribution is -0.137. The summed E-state index contributed by atoms with van der Waals surface area (Å²) in [6.45, 7) is 7.57. The molecule has 0 radical (unpaired) electrons. The van der Waals surface area contributed by atoms with Crippen LogP contribution in [0.15, 0.2) is 29.3 Å². The Morgan fingerprint density at radius 3 is 2.38 bits per heavy atom. The zero-order valence-electron chi connectivity index (χ0n) is 25.0. The van der Waals surface area contributed by atoms with Gasteiger partial charge in [-0.25, -0.2) is 28.7 Å². The number of hydrogen-bond donors (Lipinski definition) is 2. The second-order valence-corrected chi connectivity index (χ2v) is 13.4. The number of hydrogen-bond acceptors (Lipinski definition) is 7. The van der Waals surface area contributed by atoms with Crippen LogP contribution in [0.3, 0.4) is 0 Å². The number of aromatic nitrogens is 5. The van der Waals surface area contributed by atoms with Crippen molar-refractivity contribution in [3.05, 3.63) is 68.5 Å². The smallest absolute Gasteiger partial charge is 0.418 e. The molecule has 8 nitrogen and oxygen atoms in total. The molecule has 2 bridgehead atoms. The molecule has 1 aliphatic carbocycles. The van der Waals surface area contributed by atoms with Crippen molar-refractivity contribution in [2.45, 2.75) is 83.0 Å². The van der Waals surface area contributed by atoms with Gasteiger partial charge in [-0.15, -0.1) is 0 Å². The molecule has 0 amide bonds. The van der Waals surface area contributed by atoms with E-state index in [4.69, 9.17) is 11.6 Å². The molecule has 13 heteroatoms. The molecule has 3 aliphatic rings. The molecule has 2 saturated heterocycles. The first-order valence-corrected chi connectivity index (χ1v) is 15.5. The van der Waals surface area contributed by atoms with Gasteiger partial charge in [0.25, 0.3) is 0 Å². The van der Waals surface area contributed by atoms with Crippen LogP contribution in [-0.4, -0.2) is 41.7 Å². The number of phenols is 1. The Kier molecular flexibility index (Phi) is 6.97. The number of aromatic hydroxyl groups is 1. The normalized spacial score (nSPS) is 24.1. The third kappa shape index (κ3) is 4.79.